The molecule has 1 unspecified atom stereocenters. The summed E-state index contributed by atoms with van der Waals surface area (Å²) in [6, 6.07) is 10.7. The van der Waals surface area contributed by atoms with Gasteiger partial charge in [-0.15, -0.1) is 0 Å². The van der Waals surface area contributed by atoms with E-state index in [0.29, 0.717) is 5.92 Å². The van der Waals surface area contributed by atoms with Crippen molar-refractivity contribution in [1.82, 2.24) is 5.32 Å². The number of hydrogen-bond acceptors (Lipinski definition) is 4. The topological polar surface area (TPSA) is 12.0 Å². The van der Waals surface area contributed by atoms with E-state index >= 15 is 0 Å². The van der Waals surface area contributed by atoms with Crippen molar-refractivity contribution >= 4 is 60.4 Å². The molecule has 1 aromatic carbocycles. The Balaban J connectivity index is -0.000000300. The van der Waals surface area contributed by atoms with Gasteiger partial charge >= 0.3 is 87.7 Å². The van der Waals surface area contributed by atoms with Gasteiger partial charge in [-0.1, -0.05) is 20.8 Å². The Kier molecular flexibility index (Phi) is 33.2. The average Bonchev–Trinajstić information content (AvgIpc) is 2.48. The minimum atomic E-state index is 0.703. The summed E-state index contributed by atoms with van der Waals surface area (Å²) in [7, 11) is 2.02. The van der Waals surface area contributed by atoms with Crippen molar-refractivity contribution in [3.63, 3.8) is 0 Å². The van der Waals surface area contributed by atoms with E-state index in [2.05, 4.69) is 73.5 Å². The fourth-order valence-corrected chi connectivity index (χ4v) is 2.36. The van der Waals surface area contributed by atoms with Crippen LogP contribution in [0, 0.1) is 0 Å². The fourth-order valence-electron chi connectivity index (χ4n) is 1.28. The van der Waals surface area contributed by atoms with Crippen LogP contribution in [0.5, 0.6) is 0 Å². The molecule has 0 saturated carbocycles. The molecule has 0 radical (unpaired) electrons. The predicted molar refractivity (Wildman–Crippen MR) is 107 cm³/mol. The first-order chi connectivity index (χ1) is 10.1. The monoisotopic (exact) mass is 451 g/mol. The summed E-state index contributed by atoms with van der Waals surface area (Å²) in [5.41, 5.74) is 1.46. The first-order valence-corrected chi connectivity index (χ1v) is 11.0. The second-order valence-electron chi connectivity index (χ2n) is 3.74. The Hall–Kier alpha value is 1.03. The minimum absolute atomic E-state index is 0.703. The van der Waals surface area contributed by atoms with Gasteiger partial charge in [0.15, 0.2) is 0 Å². The molecule has 0 amide bonds. The van der Waals surface area contributed by atoms with Gasteiger partial charge in [0.2, 0.25) is 0 Å². The maximum atomic E-state index is 4.39. The first-order valence-electron chi connectivity index (χ1n) is 7.21. The Labute approximate surface area is 162 Å². The number of hydrogen-bond donors (Lipinski definition) is 1. The van der Waals surface area contributed by atoms with Gasteiger partial charge in [-0.05, 0) is 0 Å². The Morgan fingerprint density at radius 3 is 1.62 bits per heavy atom. The molecule has 0 aliphatic rings. The molecule has 120 valence electrons. The molecule has 21 heavy (non-hydrogen) atoms. The zero-order valence-corrected chi connectivity index (χ0v) is 19.0. The van der Waals surface area contributed by atoms with Crippen LogP contribution in [0.4, 0.5) is 0 Å². The van der Waals surface area contributed by atoms with Crippen LogP contribution in [0.1, 0.15) is 32.3 Å². The standard InChI is InChI=1S/C10H14N.3C2H6S.Sn/c1-9(8-11-2)10-6-4-3-5-7-10;3*1-2-3;/h3-7,9,11H,1,8H2,2H3;3*3H,2H2,1H3;/q;;;;+3/p-3. The maximum absolute atomic E-state index is 4.39. The zero-order chi connectivity index (χ0) is 16.9. The third-order valence-corrected chi connectivity index (χ3v) is 3.37. The summed E-state index contributed by atoms with van der Waals surface area (Å²) < 4.78 is 1.29. The third kappa shape index (κ3) is 23.4. The Bertz CT molecular complexity index is 256. The zero-order valence-electron chi connectivity index (χ0n) is 13.7. The normalized spacial score (nSPS) is 9.95. The van der Waals surface area contributed by atoms with E-state index in [1.807, 2.05) is 27.8 Å². The molecule has 0 aliphatic heterocycles. The van der Waals surface area contributed by atoms with Gasteiger partial charge in [-0.2, -0.15) is 17.3 Å². The third-order valence-electron chi connectivity index (χ3n) is 1.97. The van der Waals surface area contributed by atoms with Crippen molar-refractivity contribution in [2.75, 3.05) is 30.9 Å². The van der Waals surface area contributed by atoms with Gasteiger partial charge in [0.1, 0.15) is 0 Å². The molecule has 1 N–H and O–H groups in total. The van der Waals surface area contributed by atoms with Crippen molar-refractivity contribution in [2.24, 2.45) is 0 Å². The Morgan fingerprint density at radius 2 is 1.33 bits per heavy atom. The van der Waals surface area contributed by atoms with Crippen LogP contribution in [0.15, 0.2) is 30.3 Å². The van der Waals surface area contributed by atoms with Gasteiger partial charge in [-0.3, -0.25) is 0 Å². The van der Waals surface area contributed by atoms with Crippen LogP contribution in [-0.4, -0.2) is 53.4 Å². The van der Waals surface area contributed by atoms with Crippen LogP contribution in [0.3, 0.4) is 0 Å². The molecular formula is C16H29NS3Sn. The van der Waals surface area contributed by atoms with Gasteiger partial charge in [0, 0.05) is 0 Å². The van der Waals surface area contributed by atoms with Crippen molar-refractivity contribution in [2.45, 2.75) is 31.1 Å². The molecule has 0 fully saturated rings. The number of benzene rings is 1. The number of rotatable bonds is 4. The van der Waals surface area contributed by atoms with Gasteiger partial charge in [-0.25, -0.2) is 0 Å². The predicted octanol–water partition coefficient (Wildman–Crippen LogP) is 3.24. The number of likely N-dealkylation sites (N-methyl/N-ethyl adjacent to an activating group) is 1. The van der Waals surface area contributed by atoms with E-state index in [4.69, 9.17) is 0 Å². The summed E-state index contributed by atoms with van der Waals surface area (Å²) in [4.78, 5) is 0. The van der Waals surface area contributed by atoms with Crippen LogP contribution in [0.25, 0.3) is 0 Å². The summed E-state index contributed by atoms with van der Waals surface area (Å²) in [6.45, 7) is 6.91. The molecule has 0 heterocycles. The molecular weight excluding hydrogens is 421 g/mol. The summed E-state index contributed by atoms with van der Waals surface area (Å²) in [5.74, 6) is 3.20. The molecule has 0 spiro atoms. The second kappa shape index (κ2) is 26.0. The van der Waals surface area contributed by atoms with E-state index in [1.54, 1.807) is 22.5 Å². The SMILES string of the molecule is CC[S-].CC[S-].CC[S-].CNCC([CH2][Sn+3])c1ccccc1. The van der Waals surface area contributed by atoms with Crippen molar-refractivity contribution in [3.05, 3.63) is 35.9 Å². The van der Waals surface area contributed by atoms with E-state index in [0.717, 1.165) is 23.8 Å². The van der Waals surface area contributed by atoms with Gasteiger partial charge in [0.25, 0.3) is 0 Å². The molecule has 0 aromatic heterocycles. The Morgan fingerprint density at radius 1 is 0.952 bits per heavy atom. The molecule has 1 atom stereocenters. The van der Waals surface area contributed by atoms with Gasteiger partial charge in [0.05, 0.1) is 0 Å². The molecule has 0 aliphatic carbocycles. The molecule has 0 bridgehead atoms. The second-order valence-corrected chi connectivity index (χ2v) is 6.63. The summed E-state index contributed by atoms with van der Waals surface area (Å²) in [6.07, 6.45) is 0. The van der Waals surface area contributed by atoms with Crippen molar-refractivity contribution in [3.8, 4) is 0 Å². The van der Waals surface area contributed by atoms with E-state index in [-0.39, 0.29) is 0 Å². The van der Waals surface area contributed by atoms with Crippen LogP contribution >= 0.6 is 0 Å². The van der Waals surface area contributed by atoms with Crippen LogP contribution in [0.2, 0.25) is 4.44 Å². The van der Waals surface area contributed by atoms with E-state index in [1.165, 1.54) is 10.0 Å². The van der Waals surface area contributed by atoms with Crippen LogP contribution in [-0.2, 0) is 37.9 Å². The van der Waals surface area contributed by atoms with E-state index in [9.17, 15) is 0 Å². The van der Waals surface area contributed by atoms with Crippen molar-refractivity contribution in [1.29, 1.82) is 0 Å². The molecule has 5 heteroatoms. The van der Waals surface area contributed by atoms with Crippen LogP contribution < -0.4 is 5.32 Å². The average molecular weight is 450 g/mol. The van der Waals surface area contributed by atoms with E-state index < -0.39 is 0 Å². The molecule has 0 saturated heterocycles. The fraction of sp³-hybridized carbons (Fsp3) is 0.625. The van der Waals surface area contributed by atoms with Crippen molar-refractivity contribution < 1.29 is 0 Å². The summed E-state index contributed by atoms with van der Waals surface area (Å²) in [5, 5.41) is 3.23. The molecule has 1 aromatic rings. The molecule has 1 rings (SSSR count). The molecule has 1 nitrogen and oxygen atoms in total. The number of nitrogens with one attached hydrogen (secondary N) is 1. The van der Waals surface area contributed by atoms with Gasteiger partial charge < -0.3 is 37.9 Å². The quantitative estimate of drug-likeness (QED) is 0.558. The summed E-state index contributed by atoms with van der Waals surface area (Å²) >= 11 is 14.8. The first kappa shape index (κ1) is 26.9.